The minimum atomic E-state index is -0.871. The Labute approximate surface area is 295 Å². The van der Waals surface area contributed by atoms with Gasteiger partial charge in [-0.15, -0.1) is 0 Å². The Morgan fingerprint density at radius 2 is 0.812 bits per heavy atom. The molecular weight excluding hydrogens is 585 g/mol. The van der Waals surface area contributed by atoms with Crippen LogP contribution < -0.4 is 0 Å². The van der Waals surface area contributed by atoms with Crippen molar-refractivity contribution in [2.45, 2.75) is 147 Å². The van der Waals surface area contributed by atoms with Gasteiger partial charge in [-0.05, 0) is 140 Å². The van der Waals surface area contributed by atoms with Gasteiger partial charge >= 0.3 is 0 Å². The third-order valence-corrected chi connectivity index (χ3v) is 10.2. The molecule has 0 aliphatic heterocycles. The molecule has 1 aliphatic carbocycles. The molecule has 2 heteroatoms. The lowest BCUT2D eigenvalue weighted by Gasteiger charge is -2.49. The fraction of sp³-hybridized carbons (Fsp3) is 0.522. The van der Waals surface area contributed by atoms with Gasteiger partial charge in [0.15, 0.2) is 11.6 Å². The van der Waals surface area contributed by atoms with Crippen LogP contribution in [0.15, 0.2) is 106 Å². The van der Waals surface area contributed by atoms with Crippen LogP contribution in [0.4, 0.5) is 0 Å². The molecule has 0 fully saturated rings. The summed E-state index contributed by atoms with van der Waals surface area (Å²) in [7, 11) is 0. The van der Waals surface area contributed by atoms with E-state index in [1.165, 1.54) is 39.0 Å². The number of Topliss-reactive ketones (excluding diaryl/α,β-unsaturated/α-hetero) is 2. The van der Waals surface area contributed by atoms with E-state index in [1.54, 1.807) is 0 Å². The third-order valence-electron chi connectivity index (χ3n) is 10.2. The van der Waals surface area contributed by atoms with Gasteiger partial charge in [0, 0.05) is 16.5 Å². The Kier molecular flexibility index (Phi) is 16.8. The highest BCUT2D eigenvalue weighted by Crippen LogP contribution is 2.56. The van der Waals surface area contributed by atoms with Gasteiger partial charge in [0.1, 0.15) is 0 Å². The highest BCUT2D eigenvalue weighted by atomic mass is 16.1. The fourth-order valence-corrected chi connectivity index (χ4v) is 6.70. The second-order valence-corrected chi connectivity index (χ2v) is 15.4. The summed E-state index contributed by atoms with van der Waals surface area (Å²) < 4.78 is 0. The number of benzene rings is 1. The van der Waals surface area contributed by atoms with Crippen molar-refractivity contribution in [2.75, 3.05) is 0 Å². The first-order valence-electron chi connectivity index (χ1n) is 18.3. The van der Waals surface area contributed by atoms with E-state index in [0.29, 0.717) is 30.4 Å². The standard InChI is InChI=1S/C46H66O2/c1-34(2)18-14-21-37(7)24-17-25-40(10)30-33-46(32-29-39(9)23-16-20-36(5)6)44(48)42-27-13-12-26-41(42)43(47)45(46,11)31-28-38(8)22-15-19-35(3)4/h12-13,18-20,24,26-30H,14-17,21-23,25,31-33H2,1-11H3/b37-24?,38-28+,39-29+,40-30?. The first-order chi connectivity index (χ1) is 22.6. The summed E-state index contributed by atoms with van der Waals surface area (Å²) in [4.78, 5) is 29.6. The number of rotatable bonds is 18. The topological polar surface area (TPSA) is 34.1 Å². The van der Waals surface area contributed by atoms with Crippen LogP contribution in [-0.4, -0.2) is 11.6 Å². The molecule has 0 radical (unpaired) electrons. The number of carbonyl (C=O) groups is 2. The van der Waals surface area contributed by atoms with E-state index in [0.717, 1.165) is 51.4 Å². The van der Waals surface area contributed by atoms with E-state index in [9.17, 15) is 9.59 Å². The second kappa shape index (κ2) is 19.7. The summed E-state index contributed by atoms with van der Waals surface area (Å²) >= 11 is 0. The molecule has 0 spiro atoms. The fourth-order valence-electron chi connectivity index (χ4n) is 6.70. The first-order valence-corrected chi connectivity index (χ1v) is 18.3. The molecular formula is C46H66O2. The van der Waals surface area contributed by atoms with E-state index in [4.69, 9.17) is 0 Å². The van der Waals surface area contributed by atoms with Gasteiger partial charge in [-0.1, -0.05) is 113 Å². The lowest BCUT2D eigenvalue weighted by atomic mass is 9.50. The molecule has 0 aromatic heterocycles. The number of fused-ring (bicyclic) bond motifs is 1. The van der Waals surface area contributed by atoms with Crippen LogP contribution in [0.1, 0.15) is 168 Å². The van der Waals surface area contributed by atoms with Crippen molar-refractivity contribution >= 4 is 11.6 Å². The van der Waals surface area contributed by atoms with Crippen molar-refractivity contribution in [3.8, 4) is 0 Å². The SMILES string of the molecule is CC(C)=CCCC(C)=CCCC(C)=CCC1(C/C=C(\C)CCC=C(C)C)C(=O)c2ccccc2C(=O)C1(C)C/C=C(\C)CCC=C(C)C. The Balaban J connectivity index is 2.57. The van der Waals surface area contributed by atoms with Crippen molar-refractivity contribution in [1.82, 2.24) is 0 Å². The van der Waals surface area contributed by atoms with Crippen molar-refractivity contribution in [1.29, 1.82) is 0 Å². The smallest absolute Gasteiger partial charge is 0.171 e. The van der Waals surface area contributed by atoms with Gasteiger partial charge < -0.3 is 0 Å². The molecule has 262 valence electrons. The summed E-state index contributed by atoms with van der Waals surface area (Å²) in [5, 5.41) is 0. The van der Waals surface area contributed by atoms with E-state index in [1.807, 2.05) is 24.3 Å². The van der Waals surface area contributed by atoms with Gasteiger partial charge in [0.25, 0.3) is 0 Å². The second-order valence-electron chi connectivity index (χ2n) is 15.4. The largest absolute Gasteiger partial charge is 0.293 e. The van der Waals surface area contributed by atoms with Crippen LogP contribution >= 0.6 is 0 Å². The molecule has 2 nitrogen and oxygen atoms in total. The van der Waals surface area contributed by atoms with Crippen LogP contribution in [0.2, 0.25) is 0 Å². The van der Waals surface area contributed by atoms with Crippen molar-refractivity contribution in [3.63, 3.8) is 0 Å². The molecule has 0 amide bonds. The lowest BCUT2D eigenvalue weighted by Crippen LogP contribution is -2.54. The highest BCUT2D eigenvalue weighted by molar-refractivity contribution is 6.19. The lowest BCUT2D eigenvalue weighted by molar-refractivity contribution is 0.0298. The number of ketones is 2. The maximum Gasteiger partial charge on any atom is 0.171 e. The van der Waals surface area contributed by atoms with Gasteiger partial charge in [-0.2, -0.15) is 0 Å². The van der Waals surface area contributed by atoms with E-state index in [-0.39, 0.29) is 11.6 Å². The highest BCUT2D eigenvalue weighted by Gasteiger charge is 2.59. The van der Waals surface area contributed by atoms with Crippen LogP contribution in [-0.2, 0) is 0 Å². The molecule has 0 saturated heterocycles. The maximum absolute atomic E-state index is 14.9. The van der Waals surface area contributed by atoms with Crippen LogP contribution in [0.5, 0.6) is 0 Å². The molecule has 0 saturated carbocycles. The summed E-state index contributed by atoms with van der Waals surface area (Å²) in [5.74, 6) is 0.214. The molecule has 0 bridgehead atoms. The zero-order valence-corrected chi connectivity index (χ0v) is 32.4. The van der Waals surface area contributed by atoms with E-state index in [2.05, 4.69) is 119 Å². The molecule has 1 aromatic carbocycles. The summed E-state index contributed by atoms with van der Waals surface area (Å²) in [6.45, 7) is 23.7. The molecule has 2 rings (SSSR count). The van der Waals surface area contributed by atoms with Gasteiger partial charge in [-0.25, -0.2) is 0 Å². The van der Waals surface area contributed by atoms with Crippen molar-refractivity contribution in [3.05, 3.63) is 117 Å². The van der Waals surface area contributed by atoms with Crippen LogP contribution in [0.25, 0.3) is 0 Å². The molecule has 48 heavy (non-hydrogen) atoms. The minimum Gasteiger partial charge on any atom is -0.293 e. The minimum absolute atomic E-state index is 0.0996. The van der Waals surface area contributed by atoms with E-state index >= 15 is 0 Å². The van der Waals surface area contributed by atoms with E-state index < -0.39 is 10.8 Å². The molecule has 1 aromatic rings. The predicted octanol–water partition coefficient (Wildman–Crippen LogP) is 14.0. The quantitative estimate of drug-likeness (QED) is 0.148. The average Bonchev–Trinajstić information content (AvgIpc) is 3.02. The Morgan fingerprint density at radius 3 is 1.21 bits per heavy atom. The Morgan fingerprint density at radius 1 is 0.479 bits per heavy atom. The Bertz CT molecular complexity index is 1470. The van der Waals surface area contributed by atoms with Crippen molar-refractivity contribution < 1.29 is 9.59 Å². The Hall–Kier alpha value is -3.26. The monoisotopic (exact) mass is 651 g/mol. The number of hydrogen-bond acceptors (Lipinski definition) is 2. The van der Waals surface area contributed by atoms with Crippen LogP contribution in [0.3, 0.4) is 0 Å². The summed E-state index contributed by atoms with van der Waals surface area (Å²) in [6, 6.07) is 7.52. The molecule has 0 N–H and O–H groups in total. The predicted molar refractivity (Wildman–Crippen MR) is 210 cm³/mol. The normalized spacial score (nSPS) is 20.4. The molecule has 0 heterocycles. The number of hydrogen-bond donors (Lipinski definition) is 0. The van der Waals surface area contributed by atoms with Crippen molar-refractivity contribution in [2.24, 2.45) is 10.8 Å². The average molecular weight is 651 g/mol. The number of carbonyl (C=O) groups excluding carboxylic acids is 2. The zero-order valence-electron chi connectivity index (χ0n) is 32.4. The first kappa shape index (κ1) is 40.9. The summed E-state index contributed by atoms with van der Waals surface area (Å²) in [5.41, 5.74) is 8.68. The summed E-state index contributed by atoms with van der Waals surface area (Å²) in [6.07, 6.45) is 25.7. The molecule has 2 atom stereocenters. The van der Waals surface area contributed by atoms with Gasteiger partial charge in [-0.3, -0.25) is 9.59 Å². The van der Waals surface area contributed by atoms with Gasteiger partial charge in [0.05, 0.1) is 5.41 Å². The zero-order chi connectivity index (χ0) is 35.9. The molecule has 2 unspecified atom stereocenters. The van der Waals surface area contributed by atoms with Crippen LogP contribution in [0, 0.1) is 10.8 Å². The number of allylic oxidation sites excluding steroid dienone is 14. The van der Waals surface area contributed by atoms with Gasteiger partial charge in [0.2, 0.25) is 0 Å². The molecule has 1 aliphatic rings. The third kappa shape index (κ3) is 12.0. The maximum atomic E-state index is 14.9.